The molecule has 0 fully saturated rings. The lowest BCUT2D eigenvalue weighted by Crippen LogP contribution is -2.12. The highest BCUT2D eigenvalue weighted by atomic mass is 79.9. The number of nitrogens with one attached hydrogen (secondary N) is 1. The van der Waals surface area contributed by atoms with Gasteiger partial charge in [-0.15, -0.1) is 0 Å². The van der Waals surface area contributed by atoms with Gasteiger partial charge in [-0.2, -0.15) is 0 Å². The molecule has 0 aliphatic heterocycles. The number of nitrogen functional groups attached to an aromatic ring is 1. The quantitative estimate of drug-likeness (QED) is 0.863. The van der Waals surface area contributed by atoms with Crippen molar-refractivity contribution >= 4 is 21.9 Å². The molecule has 0 saturated carbocycles. The van der Waals surface area contributed by atoms with Crippen molar-refractivity contribution < 1.29 is 0 Å². The van der Waals surface area contributed by atoms with Crippen LogP contribution >= 0.6 is 15.9 Å². The number of halogens is 1. The number of pyridine rings is 1. The van der Waals surface area contributed by atoms with Gasteiger partial charge >= 0.3 is 0 Å². The molecule has 0 unspecified atom stereocenters. The minimum atomic E-state index is -0.245. The van der Waals surface area contributed by atoms with Gasteiger partial charge in [0.1, 0.15) is 0 Å². The summed E-state index contributed by atoms with van der Waals surface area (Å²) in [4.78, 5) is 21.6. The highest BCUT2D eigenvalue weighted by molar-refractivity contribution is 9.10. The molecule has 2 rings (SSSR count). The Morgan fingerprint density at radius 1 is 1.38 bits per heavy atom. The second-order valence-electron chi connectivity index (χ2n) is 3.31. The molecule has 16 heavy (non-hydrogen) atoms. The largest absolute Gasteiger partial charge is 0.369 e. The van der Waals surface area contributed by atoms with Crippen LogP contribution in [0.2, 0.25) is 0 Å². The van der Waals surface area contributed by atoms with Gasteiger partial charge in [-0.1, -0.05) is 0 Å². The van der Waals surface area contributed by atoms with E-state index in [1.54, 1.807) is 12.4 Å². The standard InChI is InChI=1S/C10H9BrN4O/c11-7-1-6(4-13-5-7)2-8-3-9(16)15-10(12)14-8/h1,3-5H,2H2,(H3,12,14,15,16). The summed E-state index contributed by atoms with van der Waals surface area (Å²) in [7, 11) is 0. The van der Waals surface area contributed by atoms with Crippen LogP contribution in [0.5, 0.6) is 0 Å². The molecular formula is C10H9BrN4O. The lowest BCUT2D eigenvalue weighted by Gasteiger charge is -2.01. The predicted molar refractivity (Wildman–Crippen MR) is 64.0 cm³/mol. The third-order valence-corrected chi connectivity index (χ3v) is 2.39. The molecule has 0 amide bonds. The van der Waals surface area contributed by atoms with Gasteiger partial charge in [0, 0.05) is 29.4 Å². The van der Waals surface area contributed by atoms with Crippen molar-refractivity contribution in [3.8, 4) is 0 Å². The first-order valence-electron chi connectivity index (χ1n) is 4.58. The average molecular weight is 281 g/mol. The number of nitrogens with two attached hydrogens (primary N) is 1. The van der Waals surface area contributed by atoms with Gasteiger partial charge in [0.2, 0.25) is 5.95 Å². The predicted octanol–water partition coefficient (Wildman–Crippen LogP) is 1.10. The zero-order valence-corrected chi connectivity index (χ0v) is 9.86. The first-order valence-corrected chi connectivity index (χ1v) is 5.38. The Morgan fingerprint density at radius 2 is 2.19 bits per heavy atom. The fourth-order valence-electron chi connectivity index (χ4n) is 1.38. The fraction of sp³-hybridized carbons (Fsp3) is 0.100. The van der Waals surface area contributed by atoms with E-state index in [0.29, 0.717) is 12.1 Å². The van der Waals surface area contributed by atoms with Crippen LogP contribution in [0, 0.1) is 0 Å². The molecule has 0 aromatic carbocycles. The van der Waals surface area contributed by atoms with Crippen LogP contribution < -0.4 is 11.3 Å². The van der Waals surface area contributed by atoms with Crippen LogP contribution in [0.4, 0.5) is 5.95 Å². The van der Waals surface area contributed by atoms with E-state index in [2.05, 4.69) is 30.9 Å². The molecule has 0 atom stereocenters. The number of aromatic nitrogens is 3. The molecule has 0 aliphatic carbocycles. The topological polar surface area (TPSA) is 84.7 Å². The highest BCUT2D eigenvalue weighted by Gasteiger charge is 2.01. The van der Waals surface area contributed by atoms with Gasteiger partial charge in [-0.3, -0.25) is 14.8 Å². The Labute approximate surface area is 99.9 Å². The minimum absolute atomic E-state index is 0.130. The van der Waals surface area contributed by atoms with Crippen LogP contribution in [0.3, 0.4) is 0 Å². The van der Waals surface area contributed by atoms with E-state index >= 15 is 0 Å². The minimum Gasteiger partial charge on any atom is -0.369 e. The molecule has 5 nitrogen and oxygen atoms in total. The summed E-state index contributed by atoms with van der Waals surface area (Å²) < 4.78 is 0.891. The van der Waals surface area contributed by atoms with Crippen molar-refractivity contribution in [3.05, 3.63) is 50.6 Å². The smallest absolute Gasteiger partial charge is 0.252 e. The molecule has 3 N–H and O–H groups in total. The Morgan fingerprint density at radius 3 is 2.88 bits per heavy atom. The number of rotatable bonds is 2. The Bertz CT molecular complexity index is 567. The van der Waals surface area contributed by atoms with E-state index in [9.17, 15) is 4.79 Å². The number of anilines is 1. The highest BCUT2D eigenvalue weighted by Crippen LogP contribution is 2.12. The van der Waals surface area contributed by atoms with Crippen LogP contribution in [0.15, 0.2) is 33.8 Å². The van der Waals surface area contributed by atoms with Gasteiger partial charge in [0.05, 0.1) is 5.69 Å². The lowest BCUT2D eigenvalue weighted by molar-refractivity contribution is 1.01. The molecule has 0 spiro atoms. The Kier molecular flexibility index (Phi) is 3.00. The van der Waals surface area contributed by atoms with Gasteiger partial charge in [0.15, 0.2) is 0 Å². The van der Waals surface area contributed by atoms with E-state index in [4.69, 9.17) is 5.73 Å². The number of nitrogens with zero attached hydrogens (tertiary/aromatic N) is 2. The monoisotopic (exact) mass is 280 g/mol. The van der Waals surface area contributed by atoms with Crippen molar-refractivity contribution in [1.82, 2.24) is 15.0 Å². The first-order chi connectivity index (χ1) is 7.63. The van der Waals surface area contributed by atoms with Gasteiger partial charge in [0.25, 0.3) is 5.56 Å². The summed E-state index contributed by atoms with van der Waals surface area (Å²) in [6.07, 6.45) is 3.95. The second kappa shape index (κ2) is 4.44. The fourth-order valence-corrected chi connectivity index (χ4v) is 1.79. The van der Waals surface area contributed by atoms with Crippen molar-refractivity contribution in [2.75, 3.05) is 5.73 Å². The average Bonchev–Trinajstić information content (AvgIpc) is 2.15. The molecule has 2 heterocycles. The number of hydrogen-bond donors (Lipinski definition) is 2. The number of hydrogen-bond acceptors (Lipinski definition) is 4. The van der Waals surface area contributed by atoms with Gasteiger partial charge in [-0.25, -0.2) is 4.98 Å². The maximum absolute atomic E-state index is 11.2. The molecule has 82 valence electrons. The lowest BCUT2D eigenvalue weighted by atomic mass is 10.1. The van der Waals surface area contributed by atoms with Crippen molar-refractivity contribution in [2.45, 2.75) is 6.42 Å². The van der Waals surface area contributed by atoms with E-state index in [-0.39, 0.29) is 11.5 Å². The van der Waals surface area contributed by atoms with Crippen LogP contribution in [-0.4, -0.2) is 15.0 Å². The Hall–Kier alpha value is -1.69. The molecule has 0 radical (unpaired) electrons. The summed E-state index contributed by atoms with van der Waals surface area (Å²) in [6, 6.07) is 3.35. The summed E-state index contributed by atoms with van der Waals surface area (Å²) >= 11 is 3.33. The van der Waals surface area contributed by atoms with E-state index in [0.717, 1.165) is 10.0 Å². The molecule has 0 bridgehead atoms. The van der Waals surface area contributed by atoms with E-state index < -0.39 is 0 Å². The molecular weight excluding hydrogens is 272 g/mol. The van der Waals surface area contributed by atoms with Crippen LogP contribution in [-0.2, 0) is 6.42 Å². The summed E-state index contributed by atoms with van der Waals surface area (Å²) in [5, 5.41) is 0. The van der Waals surface area contributed by atoms with Gasteiger partial charge in [-0.05, 0) is 27.6 Å². The zero-order chi connectivity index (χ0) is 11.5. The van der Waals surface area contributed by atoms with Crippen molar-refractivity contribution in [3.63, 3.8) is 0 Å². The first kappa shape index (κ1) is 10.8. The SMILES string of the molecule is Nc1nc(Cc2cncc(Br)c2)cc(=O)[nH]1. The maximum atomic E-state index is 11.2. The molecule has 0 saturated heterocycles. The van der Waals surface area contributed by atoms with Crippen LogP contribution in [0.25, 0.3) is 0 Å². The van der Waals surface area contributed by atoms with Crippen molar-refractivity contribution in [2.24, 2.45) is 0 Å². The number of aromatic amines is 1. The summed E-state index contributed by atoms with van der Waals surface area (Å²) in [5.41, 5.74) is 6.80. The van der Waals surface area contributed by atoms with E-state index in [1.807, 2.05) is 6.07 Å². The third-order valence-electron chi connectivity index (χ3n) is 1.96. The molecule has 6 heteroatoms. The van der Waals surface area contributed by atoms with Crippen LogP contribution in [0.1, 0.15) is 11.3 Å². The molecule has 2 aromatic rings. The molecule has 0 aliphatic rings. The summed E-state index contributed by atoms with van der Waals surface area (Å²) in [5.74, 6) is 0.130. The number of H-pyrrole nitrogens is 1. The summed E-state index contributed by atoms with van der Waals surface area (Å²) in [6.45, 7) is 0. The maximum Gasteiger partial charge on any atom is 0.252 e. The second-order valence-corrected chi connectivity index (χ2v) is 4.23. The van der Waals surface area contributed by atoms with E-state index in [1.165, 1.54) is 6.07 Å². The third kappa shape index (κ3) is 2.66. The Balaban J connectivity index is 2.30. The van der Waals surface area contributed by atoms with Gasteiger partial charge < -0.3 is 5.73 Å². The zero-order valence-electron chi connectivity index (χ0n) is 8.27. The molecule has 2 aromatic heterocycles. The van der Waals surface area contributed by atoms with Crippen molar-refractivity contribution in [1.29, 1.82) is 0 Å². The normalized spacial score (nSPS) is 10.3.